The molecule has 0 spiro atoms. The quantitative estimate of drug-likeness (QED) is 0.909. The number of hydrogen-bond donors (Lipinski definition) is 1. The van der Waals surface area contributed by atoms with Gasteiger partial charge in [0, 0.05) is 32.7 Å². The van der Waals surface area contributed by atoms with E-state index in [1.165, 1.54) is 11.1 Å². The van der Waals surface area contributed by atoms with Crippen molar-refractivity contribution in [3.05, 3.63) is 66.2 Å². The number of ether oxygens (including phenoxy) is 1. The van der Waals surface area contributed by atoms with Crippen LogP contribution in [0, 0.1) is 0 Å². The molecular weight excluding hydrogens is 284 g/mol. The highest BCUT2D eigenvalue weighted by Crippen LogP contribution is 2.23. The van der Waals surface area contributed by atoms with Gasteiger partial charge in [0.05, 0.1) is 0 Å². The Morgan fingerprint density at radius 3 is 2.35 bits per heavy atom. The molecule has 0 aromatic heterocycles. The van der Waals surface area contributed by atoms with E-state index in [1.54, 1.807) is 0 Å². The standard InChI is InChI=1S/C20H24N2O/c1-17(11-14-22-15-12-21-13-16-22)18-7-9-20(10-8-18)23-19-5-3-2-4-6-19/h2-11,21H,12-16H2,1H3. The van der Waals surface area contributed by atoms with Crippen LogP contribution in [0.4, 0.5) is 0 Å². The van der Waals surface area contributed by atoms with Crippen molar-refractivity contribution < 1.29 is 4.74 Å². The van der Waals surface area contributed by atoms with Crippen molar-refractivity contribution in [1.29, 1.82) is 0 Å². The highest BCUT2D eigenvalue weighted by Gasteiger charge is 2.07. The van der Waals surface area contributed by atoms with Crippen LogP contribution in [0.5, 0.6) is 11.5 Å². The maximum atomic E-state index is 5.83. The van der Waals surface area contributed by atoms with Crippen molar-refractivity contribution in [2.75, 3.05) is 32.7 Å². The predicted octanol–water partition coefficient (Wildman–Crippen LogP) is 3.79. The summed E-state index contributed by atoms with van der Waals surface area (Å²) >= 11 is 0. The summed E-state index contributed by atoms with van der Waals surface area (Å²) in [6.07, 6.45) is 2.32. The Kier molecular flexibility index (Phi) is 5.46. The number of hydrogen-bond acceptors (Lipinski definition) is 3. The highest BCUT2D eigenvalue weighted by atomic mass is 16.5. The monoisotopic (exact) mass is 308 g/mol. The largest absolute Gasteiger partial charge is 0.457 e. The first kappa shape index (κ1) is 15.8. The van der Waals surface area contributed by atoms with E-state index in [9.17, 15) is 0 Å². The van der Waals surface area contributed by atoms with Gasteiger partial charge in [-0.1, -0.05) is 36.4 Å². The average Bonchev–Trinajstić information content (AvgIpc) is 2.62. The van der Waals surface area contributed by atoms with Crippen molar-refractivity contribution in [3.63, 3.8) is 0 Å². The second-order valence-corrected chi connectivity index (χ2v) is 5.88. The molecule has 0 atom stereocenters. The highest BCUT2D eigenvalue weighted by molar-refractivity contribution is 5.64. The van der Waals surface area contributed by atoms with Gasteiger partial charge in [-0.3, -0.25) is 4.90 Å². The normalized spacial score (nSPS) is 16.3. The lowest BCUT2D eigenvalue weighted by Crippen LogP contribution is -2.43. The van der Waals surface area contributed by atoms with Crippen LogP contribution in [0.3, 0.4) is 0 Å². The summed E-state index contributed by atoms with van der Waals surface area (Å²) in [4.78, 5) is 2.48. The third-order valence-corrected chi connectivity index (χ3v) is 4.15. The van der Waals surface area contributed by atoms with E-state index in [4.69, 9.17) is 4.74 Å². The lowest BCUT2D eigenvalue weighted by molar-refractivity contribution is 0.265. The molecule has 3 rings (SSSR count). The number of para-hydroxylation sites is 1. The molecule has 0 saturated carbocycles. The Bertz CT molecular complexity index is 628. The molecule has 23 heavy (non-hydrogen) atoms. The fraction of sp³-hybridized carbons (Fsp3) is 0.300. The van der Waals surface area contributed by atoms with Crippen LogP contribution in [0.2, 0.25) is 0 Å². The second kappa shape index (κ2) is 7.95. The van der Waals surface area contributed by atoms with Crippen molar-refractivity contribution in [1.82, 2.24) is 10.2 Å². The van der Waals surface area contributed by atoms with E-state index < -0.39 is 0 Å². The molecule has 0 radical (unpaired) electrons. The maximum Gasteiger partial charge on any atom is 0.127 e. The Morgan fingerprint density at radius 2 is 1.65 bits per heavy atom. The molecule has 1 aliphatic rings. The first-order valence-corrected chi connectivity index (χ1v) is 8.24. The van der Waals surface area contributed by atoms with Gasteiger partial charge in [0.15, 0.2) is 0 Å². The first-order valence-electron chi connectivity index (χ1n) is 8.24. The van der Waals surface area contributed by atoms with E-state index >= 15 is 0 Å². The van der Waals surface area contributed by atoms with E-state index in [0.29, 0.717) is 0 Å². The SMILES string of the molecule is CC(=CCN1CCNCC1)c1ccc(Oc2ccccc2)cc1. The Labute approximate surface area is 138 Å². The molecule has 1 aliphatic heterocycles. The third kappa shape index (κ3) is 4.68. The molecule has 2 aromatic carbocycles. The van der Waals surface area contributed by atoms with Crippen molar-refractivity contribution in [2.45, 2.75) is 6.92 Å². The minimum Gasteiger partial charge on any atom is -0.457 e. The third-order valence-electron chi connectivity index (χ3n) is 4.15. The molecule has 1 fully saturated rings. The topological polar surface area (TPSA) is 24.5 Å². The van der Waals surface area contributed by atoms with Crippen LogP contribution < -0.4 is 10.1 Å². The zero-order valence-electron chi connectivity index (χ0n) is 13.7. The molecule has 120 valence electrons. The van der Waals surface area contributed by atoms with E-state index in [-0.39, 0.29) is 0 Å². The molecule has 0 bridgehead atoms. The van der Waals surface area contributed by atoms with Crippen molar-refractivity contribution in [2.24, 2.45) is 0 Å². The fourth-order valence-corrected chi connectivity index (χ4v) is 2.69. The Hall–Kier alpha value is -2.10. The minimum atomic E-state index is 0.867. The Morgan fingerprint density at radius 1 is 1.00 bits per heavy atom. The molecule has 3 heteroatoms. The van der Waals surface area contributed by atoms with Gasteiger partial charge >= 0.3 is 0 Å². The van der Waals surface area contributed by atoms with E-state index in [0.717, 1.165) is 44.2 Å². The van der Waals surface area contributed by atoms with Gasteiger partial charge in [0.25, 0.3) is 0 Å². The molecule has 2 aromatic rings. The predicted molar refractivity (Wildman–Crippen MR) is 95.9 cm³/mol. The first-order chi connectivity index (χ1) is 11.3. The zero-order chi connectivity index (χ0) is 15.9. The summed E-state index contributed by atoms with van der Waals surface area (Å²) < 4.78 is 5.83. The Balaban J connectivity index is 1.59. The number of nitrogens with zero attached hydrogens (tertiary/aromatic N) is 1. The van der Waals surface area contributed by atoms with Crippen LogP contribution >= 0.6 is 0 Å². The molecule has 1 N–H and O–H groups in total. The lowest BCUT2D eigenvalue weighted by atomic mass is 10.1. The molecule has 1 saturated heterocycles. The molecule has 1 heterocycles. The van der Waals surface area contributed by atoms with Gasteiger partial charge in [-0.2, -0.15) is 0 Å². The van der Waals surface area contributed by atoms with Gasteiger partial charge in [0.2, 0.25) is 0 Å². The van der Waals surface area contributed by atoms with Crippen LogP contribution in [-0.4, -0.2) is 37.6 Å². The molecule has 0 unspecified atom stereocenters. The minimum absolute atomic E-state index is 0.867. The summed E-state index contributed by atoms with van der Waals surface area (Å²) in [5.74, 6) is 1.74. The molecular formula is C20H24N2O. The van der Waals surface area contributed by atoms with Crippen LogP contribution in [0.25, 0.3) is 5.57 Å². The lowest BCUT2D eigenvalue weighted by Gasteiger charge is -2.26. The molecule has 3 nitrogen and oxygen atoms in total. The van der Waals surface area contributed by atoms with E-state index in [1.807, 2.05) is 42.5 Å². The van der Waals surface area contributed by atoms with Crippen molar-refractivity contribution in [3.8, 4) is 11.5 Å². The number of piperazine rings is 1. The summed E-state index contributed by atoms with van der Waals surface area (Å²) in [6, 6.07) is 18.2. The molecule has 0 aliphatic carbocycles. The average molecular weight is 308 g/mol. The smallest absolute Gasteiger partial charge is 0.127 e. The van der Waals surface area contributed by atoms with Gasteiger partial charge in [0.1, 0.15) is 11.5 Å². The van der Waals surface area contributed by atoms with Crippen LogP contribution in [0.15, 0.2) is 60.7 Å². The van der Waals surface area contributed by atoms with Crippen LogP contribution in [0.1, 0.15) is 12.5 Å². The van der Waals surface area contributed by atoms with Gasteiger partial charge in [-0.15, -0.1) is 0 Å². The summed E-state index contributed by atoms with van der Waals surface area (Å²) in [6.45, 7) is 7.66. The van der Waals surface area contributed by atoms with Gasteiger partial charge in [-0.05, 0) is 42.3 Å². The second-order valence-electron chi connectivity index (χ2n) is 5.88. The summed E-state index contributed by atoms with van der Waals surface area (Å²) in [7, 11) is 0. The van der Waals surface area contributed by atoms with Crippen LogP contribution in [-0.2, 0) is 0 Å². The summed E-state index contributed by atoms with van der Waals surface area (Å²) in [5.41, 5.74) is 2.57. The number of benzene rings is 2. The summed E-state index contributed by atoms with van der Waals surface area (Å²) in [5, 5.41) is 3.38. The van der Waals surface area contributed by atoms with Gasteiger partial charge in [-0.25, -0.2) is 0 Å². The number of rotatable bonds is 5. The maximum absolute atomic E-state index is 5.83. The van der Waals surface area contributed by atoms with Crippen molar-refractivity contribution >= 4 is 5.57 Å². The van der Waals surface area contributed by atoms with Gasteiger partial charge < -0.3 is 10.1 Å². The van der Waals surface area contributed by atoms with E-state index in [2.05, 4.69) is 35.3 Å². The zero-order valence-corrected chi connectivity index (χ0v) is 13.7. The number of nitrogens with one attached hydrogen (secondary N) is 1. The fourth-order valence-electron chi connectivity index (χ4n) is 2.69. The number of allylic oxidation sites excluding steroid dienone is 1. The molecule has 0 amide bonds.